The van der Waals surface area contributed by atoms with Crippen molar-refractivity contribution in [3.05, 3.63) is 28.3 Å². The van der Waals surface area contributed by atoms with E-state index in [1.54, 1.807) is 0 Å². The Hall–Kier alpha value is -3.50. The number of anilines is 1. The minimum Gasteiger partial charge on any atom is -0.497 e. The molecule has 3 aliphatic rings. The largest absolute Gasteiger partial charge is 0.497 e. The van der Waals surface area contributed by atoms with Crippen LogP contribution in [0.5, 0.6) is 5.75 Å². The topological polar surface area (TPSA) is 145 Å². The predicted octanol–water partition coefficient (Wildman–Crippen LogP) is 1.51. The molecule has 1 aliphatic heterocycles. The fraction of sp³-hybridized carbons (Fsp3) is 0.524. The van der Waals surface area contributed by atoms with E-state index in [9.17, 15) is 29.3 Å². The number of rotatable bonds is 8. The number of ether oxygens (including phenoxy) is 2. The second kappa shape index (κ2) is 8.56. The number of esters is 1. The van der Waals surface area contributed by atoms with Crippen LogP contribution in [0.3, 0.4) is 0 Å². The van der Waals surface area contributed by atoms with Gasteiger partial charge in [0.1, 0.15) is 11.4 Å². The number of nitrogens with one attached hydrogen (secondary N) is 1. The first-order chi connectivity index (χ1) is 15.3. The molecular formula is C21H23N3O8. The molecule has 11 heteroatoms. The maximum absolute atomic E-state index is 12.6. The molecule has 4 rings (SSSR count). The van der Waals surface area contributed by atoms with Gasteiger partial charge in [-0.05, 0) is 37.2 Å². The molecule has 3 fully saturated rings. The molecule has 0 unspecified atom stereocenters. The summed E-state index contributed by atoms with van der Waals surface area (Å²) < 4.78 is 9.90. The smallest absolute Gasteiger partial charge is 0.308 e. The zero-order valence-corrected chi connectivity index (χ0v) is 17.4. The van der Waals surface area contributed by atoms with E-state index in [0.29, 0.717) is 5.75 Å². The number of carbonyl (C=O) groups excluding carboxylic acids is 4. The number of imide groups is 1. The van der Waals surface area contributed by atoms with Crippen molar-refractivity contribution in [1.29, 1.82) is 0 Å². The van der Waals surface area contributed by atoms with E-state index in [4.69, 9.17) is 9.47 Å². The van der Waals surface area contributed by atoms with Crippen LogP contribution in [-0.4, -0.2) is 53.8 Å². The van der Waals surface area contributed by atoms with Crippen molar-refractivity contribution in [3.63, 3.8) is 0 Å². The third-order valence-corrected chi connectivity index (χ3v) is 6.60. The molecule has 4 atom stereocenters. The minimum absolute atomic E-state index is 0.0775. The lowest BCUT2D eigenvalue weighted by Gasteiger charge is -2.19. The van der Waals surface area contributed by atoms with Crippen LogP contribution in [0.2, 0.25) is 0 Å². The minimum atomic E-state index is -0.769. The van der Waals surface area contributed by atoms with Gasteiger partial charge in [0.25, 0.3) is 11.6 Å². The Balaban J connectivity index is 1.27. The molecule has 2 saturated carbocycles. The van der Waals surface area contributed by atoms with Crippen LogP contribution in [0.15, 0.2) is 18.2 Å². The summed E-state index contributed by atoms with van der Waals surface area (Å²) in [5.41, 5.74) is -0.430. The molecule has 11 nitrogen and oxygen atoms in total. The normalized spacial score (nSPS) is 25.6. The van der Waals surface area contributed by atoms with E-state index in [0.717, 1.165) is 24.2 Å². The highest BCUT2D eigenvalue weighted by molar-refractivity contribution is 6.06. The van der Waals surface area contributed by atoms with E-state index in [1.807, 2.05) is 0 Å². The summed E-state index contributed by atoms with van der Waals surface area (Å²) in [7, 11) is 1.38. The Morgan fingerprint density at radius 3 is 2.44 bits per heavy atom. The fourth-order valence-electron chi connectivity index (χ4n) is 5.20. The Morgan fingerprint density at radius 2 is 1.84 bits per heavy atom. The standard InChI is InChI=1S/C21H23N3O8/c1-31-13-4-5-15(24(29)30)14(9-13)22-16(25)10-32-17(26)6-7-23-20(27)18-11-2-3-12(8-11)19(18)21(23)28/h4-5,9,11-12,18-19H,2-3,6-8,10H2,1H3,(H,22,25)/t11-,12-,18+,19+/m0/s1. The fourth-order valence-corrected chi connectivity index (χ4v) is 5.20. The van der Waals surface area contributed by atoms with E-state index < -0.39 is 23.4 Å². The summed E-state index contributed by atoms with van der Waals surface area (Å²) in [4.78, 5) is 61.0. The monoisotopic (exact) mass is 445 g/mol. The lowest BCUT2D eigenvalue weighted by molar-refractivity contribution is -0.383. The maximum atomic E-state index is 12.6. The summed E-state index contributed by atoms with van der Waals surface area (Å²) in [5.74, 6) is -1.59. The van der Waals surface area contributed by atoms with Crippen LogP contribution in [0.4, 0.5) is 11.4 Å². The number of amides is 3. The number of nitrogens with zero attached hydrogens (tertiary/aromatic N) is 2. The number of carbonyl (C=O) groups is 4. The number of hydrogen-bond donors (Lipinski definition) is 1. The number of benzene rings is 1. The molecular weight excluding hydrogens is 422 g/mol. The second-order valence-electron chi connectivity index (χ2n) is 8.31. The van der Waals surface area contributed by atoms with Crippen LogP contribution < -0.4 is 10.1 Å². The van der Waals surface area contributed by atoms with Gasteiger partial charge in [0.2, 0.25) is 11.8 Å². The average Bonchev–Trinajstić information content (AvgIpc) is 3.44. The molecule has 1 N–H and O–H groups in total. The van der Waals surface area contributed by atoms with Gasteiger partial charge >= 0.3 is 5.97 Å². The van der Waals surface area contributed by atoms with Gasteiger partial charge in [-0.2, -0.15) is 0 Å². The maximum Gasteiger partial charge on any atom is 0.308 e. The molecule has 1 aromatic carbocycles. The van der Waals surface area contributed by atoms with E-state index in [2.05, 4.69) is 5.32 Å². The van der Waals surface area contributed by atoms with Crippen molar-refractivity contribution >= 4 is 35.1 Å². The molecule has 1 aromatic rings. The van der Waals surface area contributed by atoms with Gasteiger partial charge in [0.05, 0.1) is 30.3 Å². The zero-order chi connectivity index (χ0) is 23.0. The SMILES string of the molecule is COc1ccc([N+](=O)[O-])c(NC(=O)COC(=O)CCN2C(=O)[C@@H]3[C@H]4CC[C@@H](C4)[C@H]3C2=O)c1. The van der Waals surface area contributed by atoms with E-state index >= 15 is 0 Å². The third kappa shape index (κ3) is 3.90. The Bertz CT molecular complexity index is 965. The first-order valence-corrected chi connectivity index (χ1v) is 10.4. The van der Waals surface area contributed by atoms with Crippen molar-refractivity contribution in [1.82, 2.24) is 4.90 Å². The molecule has 2 bridgehead atoms. The molecule has 2 aliphatic carbocycles. The van der Waals surface area contributed by atoms with Crippen LogP contribution >= 0.6 is 0 Å². The van der Waals surface area contributed by atoms with Crippen LogP contribution in [0.1, 0.15) is 25.7 Å². The molecule has 3 amide bonds. The number of hydrogen-bond acceptors (Lipinski definition) is 8. The summed E-state index contributed by atoms with van der Waals surface area (Å²) in [5, 5.41) is 13.4. The van der Waals surface area contributed by atoms with Gasteiger partial charge in [-0.25, -0.2) is 0 Å². The van der Waals surface area contributed by atoms with Gasteiger partial charge in [-0.3, -0.25) is 34.2 Å². The van der Waals surface area contributed by atoms with Crippen molar-refractivity contribution in [2.24, 2.45) is 23.7 Å². The molecule has 0 aromatic heterocycles. The van der Waals surface area contributed by atoms with Crippen LogP contribution in [-0.2, 0) is 23.9 Å². The summed E-state index contributed by atoms with van der Waals surface area (Å²) in [6.45, 7) is -0.740. The van der Waals surface area contributed by atoms with Gasteiger partial charge in [-0.1, -0.05) is 0 Å². The lowest BCUT2D eigenvalue weighted by atomic mass is 9.81. The summed E-state index contributed by atoms with van der Waals surface area (Å²) >= 11 is 0. The van der Waals surface area contributed by atoms with Crippen molar-refractivity contribution < 1.29 is 33.6 Å². The average molecular weight is 445 g/mol. The van der Waals surface area contributed by atoms with E-state index in [-0.39, 0.29) is 59.8 Å². The van der Waals surface area contributed by atoms with Gasteiger partial charge in [0, 0.05) is 18.7 Å². The molecule has 32 heavy (non-hydrogen) atoms. The highest BCUT2D eigenvalue weighted by atomic mass is 16.6. The summed E-state index contributed by atoms with van der Waals surface area (Å²) in [6, 6.07) is 3.85. The summed E-state index contributed by atoms with van der Waals surface area (Å²) in [6.07, 6.45) is 2.66. The lowest BCUT2D eigenvalue weighted by Crippen LogP contribution is -2.35. The van der Waals surface area contributed by atoms with Crippen LogP contribution in [0, 0.1) is 33.8 Å². The van der Waals surface area contributed by atoms with Crippen molar-refractivity contribution in [2.45, 2.75) is 25.7 Å². The molecule has 0 radical (unpaired) electrons. The molecule has 1 saturated heterocycles. The van der Waals surface area contributed by atoms with Gasteiger partial charge in [0.15, 0.2) is 6.61 Å². The number of methoxy groups -OCH3 is 1. The Labute approximate surface area is 183 Å². The number of nitro groups is 1. The molecule has 1 heterocycles. The number of likely N-dealkylation sites (tertiary alicyclic amines) is 1. The molecule has 170 valence electrons. The van der Waals surface area contributed by atoms with Crippen molar-refractivity contribution in [3.8, 4) is 5.75 Å². The highest BCUT2D eigenvalue weighted by Crippen LogP contribution is 2.56. The van der Waals surface area contributed by atoms with Crippen LogP contribution in [0.25, 0.3) is 0 Å². The first kappa shape index (κ1) is 21.7. The third-order valence-electron chi connectivity index (χ3n) is 6.60. The molecule has 0 spiro atoms. The Morgan fingerprint density at radius 1 is 1.19 bits per heavy atom. The second-order valence-corrected chi connectivity index (χ2v) is 8.31. The number of nitro benzene ring substituents is 1. The first-order valence-electron chi connectivity index (χ1n) is 10.4. The highest BCUT2D eigenvalue weighted by Gasteiger charge is 2.60. The quantitative estimate of drug-likeness (QED) is 0.274. The van der Waals surface area contributed by atoms with Crippen molar-refractivity contribution in [2.75, 3.05) is 25.6 Å². The van der Waals surface area contributed by atoms with Gasteiger partial charge in [-0.15, -0.1) is 0 Å². The Kier molecular flexibility index (Phi) is 5.81. The predicted molar refractivity (Wildman–Crippen MR) is 108 cm³/mol. The van der Waals surface area contributed by atoms with Gasteiger partial charge < -0.3 is 14.8 Å². The van der Waals surface area contributed by atoms with E-state index in [1.165, 1.54) is 25.3 Å². The number of fused-ring (bicyclic) bond motifs is 5. The zero-order valence-electron chi connectivity index (χ0n) is 17.4.